The maximum absolute atomic E-state index is 13.0. The predicted octanol–water partition coefficient (Wildman–Crippen LogP) is 6.58. The standard InChI is InChI=1S/C19H19F3N4.C3H8/c20-19(21,22)14-6-4-5-13(11-14)16-12-23-18-10-9-17(25-26(16)18)24-15-7-2-1-3-8-15;1-3-2/h4-6,9-12,15H,1-3,7-8H2,(H,24,25);3H2,1-2H3. The third-order valence-electron chi connectivity index (χ3n) is 4.81. The van der Waals surface area contributed by atoms with Crippen molar-refractivity contribution < 1.29 is 13.2 Å². The Hall–Kier alpha value is -2.57. The van der Waals surface area contributed by atoms with Crippen molar-refractivity contribution in [2.45, 2.75) is 64.6 Å². The van der Waals surface area contributed by atoms with Crippen LogP contribution in [0.5, 0.6) is 0 Å². The van der Waals surface area contributed by atoms with E-state index in [0.29, 0.717) is 22.9 Å². The zero-order valence-corrected chi connectivity index (χ0v) is 16.8. The van der Waals surface area contributed by atoms with Crippen LogP contribution in [0.25, 0.3) is 16.9 Å². The number of nitrogens with zero attached hydrogens (tertiary/aromatic N) is 3. The molecular weight excluding hydrogens is 377 g/mol. The van der Waals surface area contributed by atoms with Crippen LogP contribution in [-0.4, -0.2) is 20.6 Å². The number of anilines is 1. The molecule has 0 aliphatic heterocycles. The number of hydrogen-bond acceptors (Lipinski definition) is 3. The fraction of sp³-hybridized carbons (Fsp3) is 0.455. The molecule has 1 N–H and O–H groups in total. The van der Waals surface area contributed by atoms with Crippen LogP contribution in [0.15, 0.2) is 42.6 Å². The molecule has 0 saturated heterocycles. The van der Waals surface area contributed by atoms with Gasteiger partial charge in [0.25, 0.3) is 0 Å². The van der Waals surface area contributed by atoms with Gasteiger partial charge < -0.3 is 5.32 Å². The summed E-state index contributed by atoms with van der Waals surface area (Å²) in [7, 11) is 0. The van der Waals surface area contributed by atoms with Gasteiger partial charge in [0.05, 0.1) is 17.5 Å². The van der Waals surface area contributed by atoms with Gasteiger partial charge in [0, 0.05) is 11.6 Å². The number of fused-ring (bicyclic) bond motifs is 1. The van der Waals surface area contributed by atoms with E-state index in [2.05, 4.69) is 29.2 Å². The number of hydrogen-bond donors (Lipinski definition) is 1. The Bertz CT molecular complexity index is 927. The molecule has 1 aliphatic rings. The fourth-order valence-corrected chi connectivity index (χ4v) is 3.46. The highest BCUT2D eigenvalue weighted by Gasteiger charge is 2.30. The van der Waals surface area contributed by atoms with E-state index in [-0.39, 0.29) is 0 Å². The molecule has 2 aromatic heterocycles. The van der Waals surface area contributed by atoms with Crippen LogP contribution in [0.1, 0.15) is 57.9 Å². The van der Waals surface area contributed by atoms with Gasteiger partial charge in [-0.2, -0.15) is 13.2 Å². The predicted molar refractivity (Wildman–Crippen MR) is 110 cm³/mol. The van der Waals surface area contributed by atoms with Crippen LogP contribution in [-0.2, 0) is 6.18 Å². The van der Waals surface area contributed by atoms with E-state index in [4.69, 9.17) is 0 Å². The Morgan fingerprint density at radius 1 is 1.07 bits per heavy atom. The van der Waals surface area contributed by atoms with Gasteiger partial charge in [-0.3, -0.25) is 0 Å². The first-order valence-electron chi connectivity index (χ1n) is 10.2. The molecule has 0 amide bonds. The van der Waals surface area contributed by atoms with Crippen LogP contribution >= 0.6 is 0 Å². The largest absolute Gasteiger partial charge is 0.416 e. The van der Waals surface area contributed by atoms with Crippen molar-refractivity contribution in [1.29, 1.82) is 0 Å². The first kappa shape index (κ1) is 21.1. The molecule has 0 atom stereocenters. The second kappa shape index (κ2) is 9.29. The smallest absolute Gasteiger partial charge is 0.366 e. The minimum absolute atomic E-state index is 0.397. The molecule has 4 nitrogen and oxygen atoms in total. The Morgan fingerprint density at radius 2 is 1.79 bits per heavy atom. The molecule has 7 heteroatoms. The molecule has 1 aromatic carbocycles. The average Bonchev–Trinajstić information content (AvgIpc) is 3.12. The molecule has 0 unspecified atom stereocenters. The van der Waals surface area contributed by atoms with Crippen molar-refractivity contribution in [2.75, 3.05) is 5.32 Å². The lowest BCUT2D eigenvalue weighted by molar-refractivity contribution is -0.137. The van der Waals surface area contributed by atoms with Gasteiger partial charge in [0.1, 0.15) is 5.82 Å². The van der Waals surface area contributed by atoms with E-state index in [1.165, 1.54) is 31.7 Å². The van der Waals surface area contributed by atoms with Gasteiger partial charge in [-0.05, 0) is 37.1 Å². The molecule has 0 radical (unpaired) electrons. The van der Waals surface area contributed by atoms with Gasteiger partial charge in [0.2, 0.25) is 0 Å². The highest BCUT2D eigenvalue weighted by molar-refractivity contribution is 5.64. The summed E-state index contributed by atoms with van der Waals surface area (Å²) < 4.78 is 40.6. The quantitative estimate of drug-likeness (QED) is 0.536. The van der Waals surface area contributed by atoms with E-state index in [1.807, 2.05) is 12.1 Å². The average molecular weight is 404 g/mol. The van der Waals surface area contributed by atoms with Crippen LogP contribution in [0.3, 0.4) is 0 Å². The summed E-state index contributed by atoms with van der Waals surface area (Å²) in [5.41, 5.74) is 0.904. The number of alkyl halides is 3. The van der Waals surface area contributed by atoms with E-state index in [1.54, 1.807) is 16.8 Å². The third-order valence-corrected chi connectivity index (χ3v) is 4.81. The van der Waals surface area contributed by atoms with Gasteiger partial charge in [0.15, 0.2) is 5.65 Å². The van der Waals surface area contributed by atoms with Crippen molar-refractivity contribution in [3.8, 4) is 11.3 Å². The first-order valence-corrected chi connectivity index (χ1v) is 10.2. The molecule has 1 aliphatic carbocycles. The summed E-state index contributed by atoms with van der Waals surface area (Å²) in [4.78, 5) is 4.27. The van der Waals surface area contributed by atoms with Gasteiger partial charge in [-0.15, -0.1) is 5.10 Å². The maximum Gasteiger partial charge on any atom is 0.416 e. The number of imidazole rings is 1. The Balaban J connectivity index is 0.000000755. The zero-order valence-electron chi connectivity index (χ0n) is 16.8. The molecule has 4 rings (SSSR count). The summed E-state index contributed by atoms with van der Waals surface area (Å²) >= 11 is 0. The van der Waals surface area contributed by atoms with Crippen LogP contribution in [0.4, 0.5) is 19.0 Å². The Kier molecular flexibility index (Phi) is 6.77. The number of nitrogens with one attached hydrogen (secondary N) is 1. The van der Waals surface area contributed by atoms with E-state index >= 15 is 0 Å². The van der Waals surface area contributed by atoms with Crippen molar-refractivity contribution in [3.05, 3.63) is 48.2 Å². The molecule has 156 valence electrons. The number of benzene rings is 1. The second-order valence-electron chi connectivity index (χ2n) is 7.40. The van der Waals surface area contributed by atoms with Gasteiger partial charge in [-0.1, -0.05) is 51.7 Å². The lowest BCUT2D eigenvalue weighted by Crippen LogP contribution is -2.23. The fourth-order valence-electron chi connectivity index (χ4n) is 3.46. The van der Waals surface area contributed by atoms with Crippen LogP contribution in [0, 0.1) is 0 Å². The van der Waals surface area contributed by atoms with Crippen LogP contribution in [0.2, 0.25) is 0 Å². The monoisotopic (exact) mass is 404 g/mol. The first-order chi connectivity index (χ1) is 13.9. The molecule has 29 heavy (non-hydrogen) atoms. The number of aromatic nitrogens is 3. The molecule has 2 heterocycles. The third kappa shape index (κ3) is 5.28. The number of halogens is 3. The Labute approximate surface area is 169 Å². The van der Waals surface area contributed by atoms with Crippen molar-refractivity contribution in [2.24, 2.45) is 0 Å². The lowest BCUT2D eigenvalue weighted by atomic mass is 9.95. The topological polar surface area (TPSA) is 42.2 Å². The molecule has 0 spiro atoms. The normalized spacial score (nSPS) is 15.1. The molecule has 1 fully saturated rings. The molecule has 1 saturated carbocycles. The molecule has 3 aromatic rings. The minimum Gasteiger partial charge on any atom is -0.366 e. The summed E-state index contributed by atoms with van der Waals surface area (Å²) in [5, 5.41) is 8.00. The van der Waals surface area contributed by atoms with E-state index in [9.17, 15) is 13.2 Å². The minimum atomic E-state index is -4.38. The second-order valence-corrected chi connectivity index (χ2v) is 7.40. The van der Waals surface area contributed by atoms with Gasteiger partial charge in [-0.25, -0.2) is 9.50 Å². The maximum atomic E-state index is 13.0. The number of rotatable bonds is 3. The SMILES string of the molecule is CCC.FC(F)(F)c1cccc(-c2cnc3ccc(NC4CCCCC4)nn23)c1. The highest BCUT2D eigenvalue weighted by atomic mass is 19.4. The highest BCUT2D eigenvalue weighted by Crippen LogP contribution is 2.32. The van der Waals surface area contributed by atoms with Crippen LogP contribution < -0.4 is 5.32 Å². The van der Waals surface area contributed by atoms with E-state index in [0.717, 1.165) is 30.8 Å². The summed E-state index contributed by atoms with van der Waals surface area (Å²) in [6, 6.07) is 9.34. The molecule has 0 bridgehead atoms. The lowest BCUT2D eigenvalue weighted by Gasteiger charge is -2.23. The summed E-state index contributed by atoms with van der Waals surface area (Å²) in [6.45, 7) is 4.25. The van der Waals surface area contributed by atoms with Crippen molar-refractivity contribution in [3.63, 3.8) is 0 Å². The van der Waals surface area contributed by atoms with Crippen molar-refractivity contribution >= 4 is 11.5 Å². The summed E-state index contributed by atoms with van der Waals surface area (Å²) in [6.07, 6.45) is 4.35. The summed E-state index contributed by atoms with van der Waals surface area (Å²) in [5.74, 6) is 0.718. The van der Waals surface area contributed by atoms with Crippen molar-refractivity contribution in [1.82, 2.24) is 14.6 Å². The Morgan fingerprint density at radius 3 is 2.48 bits per heavy atom. The zero-order chi connectivity index (χ0) is 20.9. The van der Waals surface area contributed by atoms with E-state index < -0.39 is 11.7 Å². The van der Waals surface area contributed by atoms with Gasteiger partial charge >= 0.3 is 6.18 Å². The molecular formula is C22H27F3N4.